The van der Waals surface area contributed by atoms with Crippen LogP contribution in [0.3, 0.4) is 0 Å². The van der Waals surface area contributed by atoms with Crippen LogP contribution in [0.5, 0.6) is 0 Å². The first kappa shape index (κ1) is 32.3. The summed E-state index contributed by atoms with van der Waals surface area (Å²) in [5.41, 5.74) is 0.355. The molecule has 4 N–H and O–H groups in total. The first-order valence-electron chi connectivity index (χ1n) is 13.1. The largest absolute Gasteiger partial charge is 0.478 e. The van der Waals surface area contributed by atoms with Gasteiger partial charge in [0.05, 0.1) is 0 Å². The highest BCUT2D eigenvalue weighted by molar-refractivity contribution is 5.85. The van der Waals surface area contributed by atoms with E-state index in [9.17, 15) is 19.8 Å². The zero-order valence-corrected chi connectivity index (χ0v) is 21.7. The number of aliphatic hydroxyl groups is 2. The van der Waals surface area contributed by atoms with Crippen LogP contribution in [0.4, 0.5) is 0 Å². The number of carboxylic acids is 2. The average molecular weight is 483 g/mol. The number of rotatable bonds is 5. The Morgan fingerprint density at radius 1 is 0.706 bits per heavy atom. The molecule has 198 valence electrons. The van der Waals surface area contributed by atoms with E-state index in [2.05, 4.69) is 13.2 Å². The Morgan fingerprint density at radius 2 is 1.06 bits per heavy atom. The molecule has 2 rings (SSSR count). The summed E-state index contributed by atoms with van der Waals surface area (Å²) in [7, 11) is 0. The molecule has 2 fully saturated rings. The lowest BCUT2D eigenvalue weighted by molar-refractivity contribution is -0.133. The van der Waals surface area contributed by atoms with Crippen molar-refractivity contribution >= 4 is 11.9 Å². The van der Waals surface area contributed by atoms with Gasteiger partial charge in [-0.2, -0.15) is 0 Å². The van der Waals surface area contributed by atoms with Gasteiger partial charge in [0.2, 0.25) is 0 Å². The molecule has 2 aliphatic rings. The molecule has 2 unspecified atom stereocenters. The second-order valence-electron chi connectivity index (χ2n) is 10.1. The van der Waals surface area contributed by atoms with Gasteiger partial charge in [0.1, 0.15) is 0 Å². The minimum absolute atomic E-state index is 0.00340. The van der Waals surface area contributed by atoms with E-state index >= 15 is 0 Å². The van der Waals surface area contributed by atoms with Gasteiger partial charge < -0.3 is 20.4 Å². The molecular formula is C28H50O6. The Hall–Kier alpha value is -1.66. The van der Waals surface area contributed by atoms with Gasteiger partial charge in [-0.3, -0.25) is 0 Å². The SMILES string of the molecule is C=C(C)C(=O)O.C=C(C)C(=O)O.OCC1CCCCCCCC1(CO)C1CCCCCCCC1. The molecule has 0 spiro atoms. The summed E-state index contributed by atoms with van der Waals surface area (Å²) < 4.78 is 0. The summed E-state index contributed by atoms with van der Waals surface area (Å²) >= 11 is 0. The zero-order valence-electron chi connectivity index (χ0n) is 21.7. The maximum Gasteiger partial charge on any atom is 0.330 e. The van der Waals surface area contributed by atoms with E-state index in [-0.39, 0.29) is 23.2 Å². The predicted molar refractivity (Wildman–Crippen MR) is 138 cm³/mol. The molecule has 0 radical (unpaired) electrons. The number of carboxylic acid groups (broad SMARTS) is 2. The van der Waals surface area contributed by atoms with E-state index < -0.39 is 11.9 Å². The highest BCUT2D eigenvalue weighted by atomic mass is 16.4. The quantitative estimate of drug-likeness (QED) is 0.339. The lowest BCUT2D eigenvalue weighted by atomic mass is 9.61. The highest BCUT2D eigenvalue weighted by Gasteiger charge is 2.43. The molecule has 0 aromatic heterocycles. The topological polar surface area (TPSA) is 115 Å². The third kappa shape index (κ3) is 12.7. The summed E-state index contributed by atoms with van der Waals surface area (Å²) in [5.74, 6) is -0.919. The van der Waals surface area contributed by atoms with Crippen molar-refractivity contribution in [3.63, 3.8) is 0 Å². The third-order valence-electron chi connectivity index (χ3n) is 7.42. The fourth-order valence-electron chi connectivity index (χ4n) is 5.22. The summed E-state index contributed by atoms with van der Waals surface area (Å²) in [4.78, 5) is 19.2. The molecule has 0 saturated heterocycles. The molecule has 2 saturated carbocycles. The number of carbonyl (C=O) groups is 2. The molecule has 0 aromatic rings. The second kappa shape index (κ2) is 18.6. The van der Waals surface area contributed by atoms with E-state index in [0.29, 0.717) is 18.4 Å². The number of hydrogen-bond donors (Lipinski definition) is 4. The zero-order chi connectivity index (χ0) is 26.0. The van der Waals surface area contributed by atoms with Crippen molar-refractivity contribution in [2.45, 2.75) is 110 Å². The molecular weight excluding hydrogens is 432 g/mol. The standard InChI is InChI=1S/C20H38O2.2C4H6O2/c21-16-19-14-10-6-3-7-11-15-20(19,17-22)18-12-8-4-1-2-5-9-13-18;2*1-3(2)4(5)6/h18-19,21-22H,1-17H2;2*1H2,2H3,(H,5,6). The van der Waals surface area contributed by atoms with Crippen molar-refractivity contribution in [1.82, 2.24) is 0 Å². The van der Waals surface area contributed by atoms with Crippen LogP contribution in [-0.2, 0) is 9.59 Å². The van der Waals surface area contributed by atoms with Crippen LogP contribution in [0.25, 0.3) is 0 Å². The van der Waals surface area contributed by atoms with Gasteiger partial charge in [-0.25, -0.2) is 9.59 Å². The Labute approximate surface area is 207 Å². The molecule has 6 heteroatoms. The summed E-state index contributed by atoms with van der Waals surface area (Å²) in [6.07, 6.45) is 19.4. The second-order valence-corrected chi connectivity index (χ2v) is 10.1. The van der Waals surface area contributed by atoms with Crippen molar-refractivity contribution in [1.29, 1.82) is 0 Å². The lowest BCUT2D eigenvalue weighted by Gasteiger charge is -2.45. The summed E-state index contributed by atoms with van der Waals surface area (Å²) in [6.45, 7) is 9.77. The molecule has 2 aliphatic carbocycles. The van der Waals surface area contributed by atoms with Gasteiger partial charge in [0.25, 0.3) is 0 Å². The smallest absolute Gasteiger partial charge is 0.330 e. The van der Waals surface area contributed by atoms with Gasteiger partial charge in [-0.1, -0.05) is 83.8 Å². The molecule has 2 atom stereocenters. The molecule has 6 nitrogen and oxygen atoms in total. The van der Waals surface area contributed by atoms with Crippen molar-refractivity contribution in [3.8, 4) is 0 Å². The Balaban J connectivity index is 0.000000750. The van der Waals surface area contributed by atoms with Gasteiger partial charge in [0, 0.05) is 29.8 Å². The fraction of sp³-hybridized carbons (Fsp3) is 0.786. The maximum atomic E-state index is 10.4. The lowest BCUT2D eigenvalue weighted by Crippen LogP contribution is -2.43. The molecule has 0 aliphatic heterocycles. The molecule has 0 bridgehead atoms. The normalized spacial score (nSPS) is 24.5. The van der Waals surface area contributed by atoms with E-state index in [4.69, 9.17) is 10.2 Å². The minimum atomic E-state index is -0.935. The van der Waals surface area contributed by atoms with Crippen molar-refractivity contribution in [2.75, 3.05) is 13.2 Å². The Bertz CT molecular complexity index is 556. The Kier molecular flexibility index (Phi) is 17.7. The number of aliphatic carboxylic acids is 2. The van der Waals surface area contributed by atoms with Crippen molar-refractivity contribution < 1.29 is 30.0 Å². The molecule has 0 heterocycles. The van der Waals surface area contributed by atoms with Crippen LogP contribution in [-0.4, -0.2) is 45.6 Å². The highest BCUT2D eigenvalue weighted by Crippen LogP contribution is 2.48. The van der Waals surface area contributed by atoms with Gasteiger partial charge in [-0.05, 0) is 51.4 Å². The number of hydrogen-bond acceptors (Lipinski definition) is 4. The summed E-state index contributed by atoms with van der Waals surface area (Å²) in [6, 6.07) is 0. The van der Waals surface area contributed by atoms with Crippen molar-refractivity contribution in [3.05, 3.63) is 24.3 Å². The van der Waals surface area contributed by atoms with Gasteiger partial charge in [0.15, 0.2) is 0 Å². The minimum Gasteiger partial charge on any atom is -0.478 e. The monoisotopic (exact) mass is 482 g/mol. The first-order chi connectivity index (χ1) is 16.1. The van der Waals surface area contributed by atoms with E-state index in [1.807, 2.05) is 0 Å². The molecule has 34 heavy (non-hydrogen) atoms. The van der Waals surface area contributed by atoms with E-state index in [1.54, 1.807) is 0 Å². The maximum absolute atomic E-state index is 10.4. The van der Waals surface area contributed by atoms with Gasteiger partial charge in [-0.15, -0.1) is 0 Å². The average Bonchev–Trinajstić information content (AvgIpc) is 3.00. The van der Waals surface area contributed by atoms with Crippen LogP contribution in [0.1, 0.15) is 110 Å². The molecule has 0 aromatic carbocycles. The van der Waals surface area contributed by atoms with E-state index in [0.717, 1.165) is 12.8 Å². The van der Waals surface area contributed by atoms with Crippen LogP contribution in [0.15, 0.2) is 24.3 Å². The van der Waals surface area contributed by atoms with Gasteiger partial charge >= 0.3 is 11.9 Å². The summed E-state index contributed by atoms with van der Waals surface area (Å²) in [5, 5.41) is 36.3. The Morgan fingerprint density at radius 3 is 1.41 bits per heavy atom. The van der Waals surface area contributed by atoms with E-state index in [1.165, 1.54) is 97.3 Å². The van der Waals surface area contributed by atoms with Crippen LogP contribution in [0, 0.1) is 17.3 Å². The third-order valence-corrected chi connectivity index (χ3v) is 7.42. The number of aliphatic hydroxyl groups excluding tert-OH is 2. The van der Waals surface area contributed by atoms with Crippen molar-refractivity contribution in [2.24, 2.45) is 17.3 Å². The van der Waals surface area contributed by atoms with Crippen LogP contribution >= 0.6 is 0 Å². The van der Waals surface area contributed by atoms with Crippen LogP contribution < -0.4 is 0 Å². The molecule has 0 amide bonds. The first-order valence-corrected chi connectivity index (χ1v) is 13.1. The fourth-order valence-corrected chi connectivity index (χ4v) is 5.22. The predicted octanol–water partition coefficient (Wildman–Crippen LogP) is 6.36. The van der Waals surface area contributed by atoms with Crippen LogP contribution in [0.2, 0.25) is 0 Å².